The summed E-state index contributed by atoms with van der Waals surface area (Å²) in [6.07, 6.45) is 9.24. The monoisotopic (exact) mass is 604 g/mol. The van der Waals surface area contributed by atoms with E-state index < -0.39 is 27.7 Å². The molecule has 7 nitrogen and oxygen atoms in total. The van der Waals surface area contributed by atoms with Crippen molar-refractivity contribution in [2.45, 2.75) is 44.4 Å². The van der Waals surface area contributed by atoms with Crippen LogP contribution < -0.4 is 5.32 Å². The van der Waals surface area contributed by atoms with Crippen molar-refractivity contribution >= 4 is 43.5 Å². The zero-order valence-electron chi connectivity index (χ0n) is 21.2. The summed E-state index contributed by atoms with van der Waals surface area (Å²) in [4.78, 5) is 24.2. The predicted molar refractivity (Wildman–Crippen MR) is 149 cm³/mol. The van der Waals surface area contributed by atoms with Crippen LogP contribution in [0.4, 0.5) is 10.1 Å². The highest BCUT2D eigenvalue weighted by Gasteiger charge is 2.42. The lowest BCUT2D eigenvalue weighted by atomic mass is 9.88. The first-order valence-corrected chi connectivity index (χ1v) is 14.3. The van der Waals surface area contributed by atoms with Gasteiger partial charge in [0.1, 0.15) is 5.83 Å². The molecule has 202 valence electrons. The number of benzene rings is 2. The second-order valence-electron chi connectivity index (χ2n) is 9.29. The van der Waals surface area contributed by atoms with Gasteiger partial charge in [0.15, 0.2) is 0 Å². The number of nitrogens with one attached hydrogen (secondary N) is 1. The van der Waals surface area contributed by atoms with Crippen LogP contribution in [0, 0.1) is 5.41 Å². The Bertz CT molecular complexity index is 1390. The number of allylic oxidation sites excluding steroid dienone is 4. The lowest BCUT2D eigenvalue weighted by molar-refractivity contribution is 0.0698. The van der Waals surface area contributed by atoms with E-state index in [4.69, 9.17) is 0 Å². The Morgan fingerprint density at radius 1 is 1.16 bits per heavy atom. The van der Waals surface area contributed by atoms with E-state index >= 15 is 0 Å². The first-order chi connectivity index (χ1) is 17.9. The minimum atomic E-state index is -3.72. The maximum absolute atomic E-state index is 13.2. The van der Waals surface area contributed by atoms with Crippen LogP contribution in [0.1, 0.15) is 60.2 Å². The highest BCUT2D eigenvalue weighted by molar-refractivity contribution is 9.10. The number of carboxylic acid groups (broad SMARTS) is 1. The molecule has 0 saturated heterocycles. The molecule has 0 bridgehead atoms. The van der Waals surface area contributed by atoms with Gasteiger partial charge in [-0.3, -0.25) is 9.10 Å². The summed E-state index contributed by atoms with van der Waals surface area (Å²) in [7, 11) is -3.72. The Kier molecular flexibility index (Phi) is 9.32. The summed E-state index contributed by atoms with van der Waals surface area (Å²) in [6, 6.07) is 10.2. The first-order valence-electron chi connectivity index (χ1n) is 12.0. The topological polar surface area (TPSA) is 104 Å². The van der Waals surface area contributed by atoms with E-state index in [2.05, 4.69) is 33.9 Å². The third kappa shape index (κ3) is 6.79. The van der Waals surface area contributed by atoms with Gasteiger partial charge in [-0.25, -0.2) is 17.6 Å². The van der Waals surface area contributed by atoms with E-state index in [1.54, 1.807) is 19.1 Å². The molecule has 2 aromatic carbocycles. The molecule has 2 aromatic rings. The third-order valence-electron chi connectivity index (χ3n) is 6.48. The van der Waals surface area contributed by atoms with Gasteiger partial charge in [-0.15, -0.1) is 0 Å². The largest absolute Gasteiger partial charge is 0.478 e. The normalized spacial score (nSPS) is 16.2. The van der Waals surface area contributed by atoms with Gasteiger partial charge in [0.05, 0.1) is 16.1 Å². The van der Waals surface area contributed by atoms with Crippen molar-refractivity contribution < 1.29 is 27.5 Å². The highest BCUT2D eigenvalue weighted by Crippen LogP contribution is 2.46. The molecule has 2 aliphatic rings. The molecule has 1 saturated carbocycles. The van der Waals surface area contributed by atoms with Crippen molar-refractivity contribution in [1.29, 1.82) is 0 Å². The molecule has 1 heterocycles. The van der Waals surface area contributed by atoms with Crippen molar-refractivity contribution in [1.82, 2.24) is 4.31 Å². The molecule has 0 unspecified atom stereocenters. The molecule has 1 spiro atoms. The van der Waals surface area contributed by atoms with Crippen LogP contribution in [-0.4, -0.2) is 36.3 Å². The molecule has 1 amide bonds. The van der Waals surface area contributed by atoms with Crippen LogP contribution in [0.5, 0.6) is 0 Å². The number of sulfonamides is 1. The molecule has 2 N–H and O–H groups in total. The van der Waals surface area contributed by atoms with Gasteiger partial charge >= 0.3 is 5.97 Å². The van der Waals surface area contributed by atoms with E-state index in [0.29, 0.717) is 11.0 Å². The van der Waals surface area contributed by atoms with Gasteiger partial charge in [0, 0.05) is 27.7 Å². The molecular formula is C28H30BrFN2O5S. The maximum atomic E-state index is 13.2. The molecule has 0 aromatic heterocycles. The van der Waals surface area contributed by atoms with Crippen LogP contribution in [0.2, 0.25) is 0 Å². The van der Waals surface area contributed by atoms with Gasteiger partial charge in [-0.1, -0.05) is 47.5 Å². The Morgan fingerprint density at radius 2 is 1.79 bits per heavy atom. The average Bonchev–Trinajstić information content (AvgIpc) is 3.46. The molecule has 10 heteroatoms. The van der Waals surface area contributed by atoms with Gasteiger partial charge in [-0.2, -0.15) is 0 Å². The van der Waals surface area contributed by atoms with Crippen molar-refractivity contribution in [3.05, 3.63) is 94.4 Å². The minimum Gasteiger partial charge on any atom is -0.478 e. The second kappa shape index (κ2) is 12.1. The number of carbonyl (C=O) groups is 2. The van der Waals surface area contributed by atoms with E-state index in [1.807, 2.05) is 6.92 Å². The van der Waals surface area contributed by atoms with Crippen molar-refractivity contribution in [3.63, 3.8) is 0 Å². The van der Waals surface area contributed by atoms with E-state index in [9.17, 15) is 27.5 Å². The SMILES string of the molecule is C=C(F)/C=C\C.CC1=CC2(CCCC2)CN1S(=O)(=O)c1ccc(C(=O)Nc2ccc(Br)cc2C(=O)O)cc1. The summed E-state index contributed by atoms with van der Waals surface area (Å²) >= 11 is 3.21. The van der Waals surface area contributed by atoms with Crippen molar-refractivity contribution in [2.24, 2.45) is 5.41 Å². The van der Waals surface area contributed by atoms with Crippen molar-refractivity contribution in [2.75, 3.05) is 11.9 Å². The lowest BCUT2D eigenvalue weighted by Gasteiger charge is -2.25. The fourth-order valence-electron chi connectivity index (χ4n) is 4.71. The molecule has 38 heavy (non-hydrogen) atoms. The van der Waals surface area contributed by atoms with Crippen LogP contribution >= 0.6 is 15.9 Å². The number of halogens is 2. The molecule has 1 fully saturated rings. The molecular weight excluding hydrogens is 575 g/mol. The maximum Gasteiger partial charge on any atom is 0.337 e. The first kappa shape index (κ1) is 29.3. The zero-order chi connectivity index (χ0) is 28.1. The highest BCUT2D eigenvalue weighted by atomic mass is 79.9. The zero-order valence-corrected chi connectivity index (χ0v) is 23.6. The average molecular weight is 606 g/mol. The van der Waals surface area contributed by atoms with Gasteiger partial charge in [0.2, 0.25) is 0 Å². The number of nitrogens with zero attached hydrogens (tertiary/aromatic N) is 1. The van der Waals surface area contributed by atoms with Crippen molar-refractivity contribution in [3.8, 4) is 0 Å². The summed E-state index contributed by atoms with van der Waals surface area (Å²) in [5.74, 6) is -2.09. The number of amides is 1. The molecule has 1 aliphatic heterocycles. The quantitative estimate of drug-likeness (QED) is 0.348. The summed E-state index contributed by atoms with van der Waals surface area (Å²) in [5, 5.41) is 11.9. The second-order valence-corrected chi connectivity index (χ2v) is 12.1. The van der Waals surface area contributed by atoms with Crippen LogP contribution in [0.15, 0.2) is 88.2 Å². The number of anilines is 1. The lowest BCUT2D eigenvalue weighted by Crippen LogP contribution is -2.32. The van der Waals surface area contributed by atoms with Crippen LogP contribution in [0.3, 0.4) is 0 Å². The van der Waals surface area contributed by atoms with E-state index in [-0.39, 0.29) is 27.1 Å². The Hall–Kier alpha value is -3.24. The summed E-state index contributed by atoms with van der Waals surface area (Å²) in [6.45, 7) is 7.02. The van der Waals surface area contributed by atoms with Gasteiger partial charge < -0.3 is 10.4 Å². The summed E-state index contributed by atoms with van der Waals surface area (Å²) < 4.78 is 39.9. The van der Waals surface area contributed by atoms with E-state index in [0.717, 1.165) is 31.4 Å². The van der Waals surface area contributed by atoms with Crippen LogP contribution in [0.25, 0.3) is 0 Å². The van der Waals surface area contributed by atoms with E-state index in [1.165, 1.54) is 46.8 Å². The number of rotatable bonds is 6. The predicted octanol–water partition coefficient (Wildman–Crippen LogP) is 6.91. The number of hydrogen-bond acceptors (Lipinski definition) is 4. The fraction of sp³-hybridized carbons (Fsp3) is 0.286. The third-order valence-corrected chi connectivity index (χ3v) is 8.84. The molecule has 4 rings (SSSR count). The van der Waals surface area contributed by atoms with Gasteiger partial charge in [-0.05, 0) is 75.2 Å². The molecule has 1 aliphatic carbocycles. The summed E-state index contributed by atoms with van der Waals surface area (Å²) in [5.41, 5.74) is 1.02. The number of aromatic carboxylic acids is 1. The Balaban J connectivity index is 0.000000599. The molecule has 0 atom stereocenters. The Morgan fingerprint density at radius 3 is 2.32 bits per heavy atom. The standard InChI is InChI=1S/C23H23BrN2O5S.C5H7F/c1-15-13-23(10-2-3-11-23)14-26(15)32(30,31)18-7-4-16(5-8-18)21(27)25-20-9-6-17(24)12-19(20)22(28)29;1-3-4-5(2)6/h4-9,12-13H,2-3,10-11,14H2,1H3,(H,25,27)(H,28,29);3-4H,2H2,1H3/b;4-3-. The minimum absolute atomic E-state index is 0.0518. The number of hydrogen-bond donors (Lipinski definition) is 2. The van der Waals surface area contributed by atoms with Crippen LogP contribution in [-0.2, 0) is 10.0 Å². The smallest absolute Gasteiger partial charge is 0.337 e. The number of carboxylic acids is 1. The molecule has 0 radical (unpaired) electrons. The fourth-order valence-corrected chi connectivity index (χ4v) is 6.67. The number of carbonyl (C=O) groups excluding carboxylic acids is 1. The Labute approximate surface area is 230 Å². The van der Waals surface area contributed by atoms with Gasteiger partial charge in [0.25, 0.3) is 15.9 Å².